The summed E-state index contributed by atoms with van der Waals surface area (Å²) in [4.78, 5) is 14.8. The number of carbonyl (C=O) groups is 1. The predicted octanol–water partition coefficient (Wildman–Crippen LogP) is 4.10. The molecule has 1 aliphatic heterocycles. The number of nitrogens with zero attached hydrogens (tertiary/aromatic N) is 1. The maximum Gasteiger partial charge on any atom is 0.240 e. The van der Waals surface area contributed by atoms with Crippen LogP contribution in [0.3, 0.4) is 0 Å². The van der Waals surface area contributed by atoms with Gasteiger partial charge in [0, 0.05) is 17.9 Å². The molecule has 0 saturated carbocycles. The quantitative estimate of drug-likeness (QED) is 0.754. The Hall–Kier alpha value is -2.27. The third-order valence-corrected chi connectivity index (χ3v) is 4.93. The maximum atomic E-state index is 13.2. The van der Waals surface area contributed by atoms with Gasteiger partial charge in [0.15, 0.2) is 0 Å². The molecule has 27 heavy (non-hydrogen) atoms. The molecule has 1 heterocycles. The fraction of sp³-hybridized carbons (Fsp3) is 0.381. The van der Waals surface area contributed by atoms with Gasteiger partial charge in [-0.1, -0.05) is 32.0 Å². The van der Waals surface area contributed by atoms with E-state index in [4.69, 9.17) is 5.73 Å². The van der Waals surface area contributed by atoms with Crippen molar-refractivity contribution in [3.8, 4) is 0 Å². The Morgan fingerprint density at radius 2 is 1.93 bits per heavy atom. The summed E-state index contributed by atoms with van der Waals surface area (Å²) in [5, 5.41) is 3.11. The molecule has 2 aromatic carbocycles. The highest BCUT2D eigenvalue weighted by atomic mass is 35.5. The van der Waals surface area contributed by atoms with Crippen molar-refractivity contribution in [2.24, 2.45) is 5.92 Å². The molecule has 3 N–H and O–H groups in total. The highest BCUT2D eigenvalue weighted by Gasteiger charge is 2.23. The molecule has 1 unspecified atom stereocenters. The smallest absolute Gasteiger partial charge is 0.240 e. The number of rotatable bonds is 5. The topological polar surface area (TPSA) is 58.4 Å². The van der Waals surface area contributed by atoms with Crippen LogP contribution in [0.25, 0.3) is 0 Å². The molecular weight excluding hydrogens is 365 g/mol. The molecule has 0 aromatic heterocycles. The van der Waals surface area contributed by atoms with Crippen molar-refractivity contribution >= 4 is 29.7 Å². The Kier molecular flexibility index (Phi) is 7.08. The van der Waals surface area contributed by atoms with Gasteiger partial charge in [-0.15, -0.1) is 12.4 Å². The zero-order valence-electron chi connectivity index (χ0n) is 15.7. The molecule has 2 aromatic rings. The molecule has 1 atom stereocenters. The summed E-state index contributed by atoms with van der Waals surface area (Å²) in [5.74, 6) is -0.109. The molecular formula is C21H27ClFN3O. The van der Waals surface area contributed by atoms with Gasteiger partial charge in [0.2, 0.25) is 5.91 Å². The molecule has 0 fully saturated rings. The largest absolute Gasteiger partial charge is 0.398 e. The van der Waals surface area contributed by atoms with Gasteiger partial charge in [0.25, 0.3) is 0 Å². The first kappa shape index (κ1) is 21.0. The maximum absolute atomic E-state index is 13.2. The van der Waals surface area contributed by atoms with Gasteiger partial charge in [0.1, 0.15) is 5.82 Å². The first-order valence-electron chi connectivity index (χ1n) is 9.13. The fourth-order valence-electron chi connectivity index (χ4n) is 3.59. The van der Waals surface area contributed by atoms with E-state index in [9.17, 15) is 9.18 Å². The van der Waals surface area contributed by atoms with E-state index in [1.807, 2.05) is 32.0 Å². The van der Waals surface area contributed by atoms with Crippen LogP contribution in [0, 0.1) is 11.7 Å². The highest BCUT2D eigenvalue weighted by Crippen LogP contribution is 2.31. The van der Waals surface area contributed by atoms with Gasteiger partial charge in [-0.25, -0.2) is 4.39 Å². The lowest BCUT2D eigenvalue weighted by Gasteiger charge is -2.32. The second-order valence-electron chi connectivity index (χ2n) is 7.21. The number of nitrogens with one attached hydrogen (secondary N) is 1. The van der Waals surface area contributed by atoms with Gasteiger partial charge < -0.3 is 16.0 Å². The number of halogens is 2. The number of nitrogen functional groups attached to an aromatic ring is 1. The molecule has 0 bridgehead atoms. The average molecular weight is 392 g/mol. The highest BCUT2D eigenvalue weighted by molar-refractivity contribution is 5.85. The van der Waals surface area contributed by atoms with Gasteiger partial charge in [0.05, 0.1) is 12.6 Å². The van der Waals surface area contributed by atoms with Crippen LogP contribution in [-0.2, 0) is 11.2 Å². The van der Waals surface area contributed by atoms with E-state index in [0.717, 1.165) is 41.9 Å². The first-order valence-corrected chi connectivity index (χ1v) is 9.13. The molecule has 0 aliphatic carbocycles. The van der Waals surface area contributed by atoms with Crippen LogP contribution in [0.4, 0.5) is 15.8 Å². The molecule has 6 heteroatoms. The van der Waals surface area contributed by atoms with Crippen molar-refractivity contribution in [2.75, 3.05) is 23.7 Å². The van der Waals surface area contributed by atoms with Crippen LogP contribution >= 0.6 is 12.4 Å². The Bertz CT molecular complexity index is 779. The van der Waals surface area contributed by atoms with Crippen LogP contribution in [0.1, 0.15) is 37.4 Å². The number of fused-ring (bicyclic) bond motifs is 1. The van der Waals surface area contributed by atoms with Crippen molar-refractivity contribution in [1.82, 2.24) is 5.32 Å². The molecule has 1 aliphatic rings. The number of nitrogens with two attached hydrogens (primary N) is 1. The first-order chi connectivity index (χ1) is 12.5. The van der Waals surface area contributed by atoms with Crippen molar-refractivity contribution in [1.29, 1.82) is 0 Å². The number of hydrogen-bond donors (Lipinski definition) is 2. The van der Waals surface area contributed by atoms with E-state index < -0.39 is 0 Å². The molecule has 0 radical (unpaired) electrons. The number of hydrogen-bond acceptors (Lipinski definition) is 3. The van der Waals surface area contributed by atoms with E-state index in [1.54, 1.807) is 12.1 Å². The minimum absolute atomic E-state index is 0. The van der Waals surface area contributed by atoms with Crippen molar-refractivity contribution in [3.63, 3.8) is 0 Å². The van der Waals surface area contributed by atoms with Crippen molar-refractivity contribution < 1.29 is 9.18 Å². The van der Waals surface area contributed by atoms with Gasteiger partial charge >= 0.3 is 0 Å². The van der Waals surface area contributed by atoms with Crippen molar-refractivity contribution in [3.05, 3.63) is 59.4 Å². The summed E-state index contributed by atoms with van der Waals surface area (Å²) in [5.41, 5.74) is 9.97. The lowest BCUT2D eigenvalue weighted by molar-refractivity contribution is -0.120. The van der Waals surface area contributed by atoms with E-state index in [-0.39, 0.29) is 36.1 Å². The Balaban J connectivity index is 0.00000261. The van der Waals surface area contributed by atoms with E-state index >= 15 is 0 Å². The minimum atomic E-state index is -0.273. The zero-order chi connectivity index (χ0) is 18.7. The third-order valence-electron chi connectivity index (χ3n) is 4.93. The SMILES string of the molecule is CC(C)C(NC(=O)CN1CCCc2c(N)cccc21)c1ccc(F)cc1.Cl. The van der Waals surface area contributed by atoms with E-state index in [1.165, 1.54) is 12.1 Å². The summed E-state index contributed by atoms with van der Waals surface area (Å²) >= 11 is 0. The molecule has 0 saturated heterocycles. The second kappa shape index (κ2) is 9.09. The number of anilines is 2. The van der Waals surface area contributed by atoms with Crippen LogP contribution in [0.15, 0.2) is 42.5 Å². The predicted molar refractivity (Wildman–Crippen MR) is 111 cm³/mol. The zero-order valence-corrected chi connectivity index (χ0v) is 16.6. The van der Waals surface area contributed by atoms with Gasteiger partial charge in [-0.05, 0) is 54.2 Å². The van der Waals surface area contributed by atoms with Crippen LogP contribution in [0.5, 0.6) is 0 Å². The van der Waals surface area contributed by atoms with Crippen LogP contribution in [-0.4, -0.2) is 19.0 Å². The van der Waals surface area contributed by atoms with Gasteiger partial charge in [-0.2, -0.15) is 0 Å². The molecule has 146 valence electrons. The number of amides is 1. The Morgan fingerprint density at radius 1 is 1.22 bits per heavy atom. The van der Waals surface area contributed by atoms with E-state index in [0.29, 0.717) is 6.54 Å². The number of carbonyl (C=O) groups excluding carboxylic acids is 1. The molecule has 1 amide bonds. The molecule has 0 spiro atoms. The Labute approximate surface area is 166 Å². The summed E-state index contributed by atoms with van der Waals surface area (Å²) < 4.78 is 13.2. The van der Waals surface area contributed by atoms with Gasteiger partial charge in [-0.3, -0.25) is 4.79 Å². The monoisotopic (exact) mass is 391 g/mol. The van der Waals surface area contributed by atoms with Crippen LogP contribution < -0.4 is 16.0 Å². The van der Waals surface area contributed by atoms with E-state index in [2.05, 4.69) is 10.2 Å². The fourth-order valence-corrected chi connectivity index (χ4v) is 3.59. The van der Waals surface area contributed by atoms with Crippen molar-refractivity contribution in [2.45, 2.75) is 32.7 Å². The summed E-state index contributed by atoms with van der Waals surface area (Å²) in [6.07, 6.45) is 1.93. The number of benzene rings is 2. The summed E-state index contributed by atoms with van der Waals surface area (Å²) in [7, 11) is 0. The second-order valence-corrected chi connectivity index (χ2v) is 7.21. The normalized spacial score (nSPS) is 14.3. The summed E-state index contributed by atoms with van der Waals surface area (Å²) in [6, 6.07) is 12.0. The minimum Gasteiger partial charge on any atom is -0.398 e. The lowest BCUT2D eigenvalue weighted by atomic mass is 9.96. The average Bonchev–Trinajstić information content (AvgIpc) is 2.61. The Morgan fingerprint density at radius 3 is 2.59 bits per heavy atom. The molecule has 3 rings (SSSR count). The third kappa shape index (κ3) is 4.92. The lowest BCUT2D eigenvalue weighted by Crippen LogP contribution is -2.42. The summed E-state index contributed by atoms with van der Waals surface area (Å²) in [6.45, 7) is 5.23. The van der Waals surface area contributed by atoms with Crippen LogP contribution in [0.2, 0.25) is 0 Å². The molecule has 4 nitrogen and oxygen atoms in total. The standard InChI is InChI=1S/C21H26FN3O.ClH/c1-14(2)21(15-8-10-16(22)11-9-15)24-20(26)13-25-12-4-5-17-18(23)6-3-7-19(17)25;/h3,6-11,14,21H,4-5,12-13,23H2,1-2H3,(H,24,26);1H.